The second-order valence-electron chi connectivity index (χ2n) is 5.62. The van der Waals surface area contributed by atoms with Crippen molar-refractivity contribution in [2.75, 3.05) is 0 Å². The van der Waals surface area contributed by atoms with Crippen LogP contribution >= 0.6 is 15.9 Å². The first-order valence-electron chi connectivity index (χ1n) is 7.60. The largest absolute Gasteiger partial charge is 0.473 e. The summed E-state index contributed by atoms with van der Waals surface area (Å²) in [6, 6.07) is 11.4. The Balaban J connectivity index is 1.72. The third-order valence-electron chi connectivity index (χ3n) is 3.96. The van der Waals surface area contributed by atoms with E-state index in [2.05, 4.69) is 42.5 Å². The molecule has 1 saturated carbocycles. The van der Waals surface area contributed by atoms with Crippen molar-refractivity contribution in [3.63, 3.8) is 0 Å². The summed E-state index contributed by atoms with van der Waals surface area (Å²) in [6.45, 7) is 0.310. The highest BCUT2D eigenvalue weighted by atomic mass is 79.9. The minimum absolute atomic E-state index is 0.310. The zero-order valence-electron chi connectivity index (χ0n) is 12.6. The van der Waals surface area contributed by atoms with E-state index in [1.54, 1.807) is 6.07 Å². The van der Waals surface area contributed by atoms with Crippen LogP contribution in [0, 0.1) is 0 Å². The first kappa shape index (κ1) is 15.1. The van der Waals surface area contributed by atoms with Gasteiger partial charge in [-0.05, 0) is 62.8 Å². The second kappa shape index (κ2) is 6.20. The minimum Gasteiger partial charge on any atom is -0.473 e. The molecule has 2 heterocycles. The first-order chi connectivity index (χ1) is 11.7. The van der Waals surface area contributed by atoms with E-state index in [9.17, 15) is 4.79 Å². The van der Waals surface area contributed by atoms with Crippen LogP contribution in [0.25, 0.3) is 5.69 Å². The van der Waals surface area contributed by atoms with Gasteiger partial charge in [-0.3, -0.25) is 0 Å². The van der Waals surface area contributed by atoms with Crippen molar-refractivity contribution >= 4 is 15.9 Å². The average Bonchev–Trinajstić information content (AvgIpc) is 3.34. The third-order valence-corrected chi connectivity index (χ3v) is 4.40. The maximum atomic E-state index is 11.9. The monoisotopic (exact) mass is 387 g/mol. The predicted molar refractivity (Wildman–Crippen MR) is 90.2 cm³/mol. The lowest BCUT2D eigenvalue weighted by Gasteiger charge is -2.14. The smallest absolute Gasteiger partial charge is 0.365 e. The lowest BCUT2D eigenvalue weighted by atomic mass is 10.0. The highest BCUT2D eigenvalue weighted by Gasteiger charge is 2.28. The fraction of sp³-hybridized carbons (Fsp3) is 0.250. The fourth-order valence-electron chi connectivity index (χ4n) is 2.70. The van der Waals surface area contributed by atoms with Crippen LogP contribution in [0.5, 0.6) is 5.88 Å². The van der Waals surface area contributed by atoms with Crippen LogP contribution in [0.2, 0.25) is 0 Å². The number of H-pyrrole nitrogens is 1. The first-order valence-corrected chi connectivity index (χ1v) is 8.39. The van der Waals surface area contributed by atoms with E-state index in [1.165, 1.54) is 10.2 Å². The highest BCUT2D eigenvalue weighted by Crippen LogP contribution is 2.42. The average molecular weight is 388 g/mol. The molecule has 0 radical (unpaired) electrons. The van der Waals surface area contributed by atoms with Crippen LogP contribution in [0.15, 0.2) is 45.8 Å². The molecule has 1 N–H and O–H groups in total. The molecule has 3 aromatic rings. The Morgan fingerprint density at radius 2 is 2.08 bits per heavy atom. The fourth-order valence-corrected chi connectivity index (χ4v) is 3.02. The van der Waals surface area contributed by atoms with Crippen molar-refractivity contribution in [2.45, 2.75) is 25.4 Å². The van der Waals surface area contributed by atoms with Gasteiger partial charge in [-0.15, -0.1) is 0 Å². The van der Waals surface area contributed by atoms with Gasteiger partial charge in [0.15, 0.2) is 0 Å². The van der Waals surface area contributed by atoms with Crippen LogP contribution in [0.4, 0.5) is 0 Å². The Bertz CT molecular complexity index is 932. The molecule has 122 valence electrons. The Hall–Kier alpha value is -2.48. The molecule has 4 rings (SSSR count). The summed E-state index contributed by atoms with van der Waals surface area (Å²) in [7, 11) is 0. The molecular formula is C16H14BrN5O2. The number of tetrazole rings is 1. The van der Waals surface area contributed by atoms with Crippen molar-refractivity contribution in [1.82, 2.24) is 25.2 Å². The van der Waals surface area contributed by atoms with Crippen LogP contribution in [0.3, 0.4) is 0 Å². The number of aromatic nitrogens is 5. The van der Waals surface area contributed by atoms with Crippen LogP contribution < -0.4 is 10.4 Å². The van der Waals surface area contributed by atoms with Crippen molar-refractivity contribution in [3.05, 3.63) is 62.6 Å². The van der Waals surface area contributed by atoms with Gasteiger partial charge in [-0.25, -0.2) is 14.9 Å². The maximum absolute atomic E-state index is 11.9. The molecule has 1 aliphatic carbocycles. The minimum atomic E-state index is -0.371. The van der Waals surface area contributed by atoms with Crippen molar-refractivity contribution in [2.24, 2.45) is 0 Å². The van der Waals surface area contributed by atoms with Gasteiger partial charge in [0, 0.05) is 11.6 Å². The molecule has 1 aliphatic rings. The van der Waals surface area contributed by atoms with E-state index in [0.717, 1.165) is 18.4 Å². The Kier molecular flexibility index (Phi) is 3.89. The number of nitrogens with zero attached hydrogens (tertiary/aromatic N) is 4. The molecule has 0 bridgehead atoms. The molecule has 24 heavy (non-hydrogen) atoms. The summed E-state index contributed by atoms with van der Waals surface area (Å²) in [5, 5.41) is 9.76. The van der Waals surface area contributed by atoms with E-state index in [4.69, 9.17) is 4.74 Å². The number of ether oxygens (including phenoxy) is 1. The number of hydrogen-bond acceptors (Lipinski definition) is 5. The van der Waals surface area contributed by atoms with Crippen molar-refractivity contribution < 1.29 is 4.74 Å². The highest BCUT2D eigenvalue weighted by molar-refractivity contribution is 9.10. The molecule has 1 fully saturated rings. The summed E-state index contributed by atoms with van der Waals surface area (Å²) < 4.78 is 7.83. The molecule has 0 spiro atoms. The third kappa shape index (κ3) is 2.96. The quantitative estimate of drug-likeness (QED) is 0.679. The van der Waals surface area contributed by atoms with Gasteiger partial charge < -0.3 is 4.74 Å². The maximum Gasteiger partial charge on any atom is 0.365 e. The van der Waals surface area contributed by atoms with Gasteiger partial charge in [-0.2, -0.15) is 4.68 Å². The van der Waals surface area contributed by atoms with Gasteiger partial charge in [-0.1, -0.05) is 18.2 Å². The number of nitrogens with one attached hydrogen (secondary N) is 1. The zero-order chi connectivity index (χ0) is 16.5. The van der Waals surface area contributed by atoms with Gasteiger partial charge in [0.05, 0.1) is 5.69 Å². The van der Waals surface area contributed by atoms with Crippen LogP contribution in [-0.4, -0.2) is 25.2 Å². The van der Waals surface area contributed by atoms with Crippen molar-refractivity contribution in [3.8, 4) is 11.6 Å². The molecular weight excluding hydrogens is 374 g/mol. The van der Waals surface area contributed by atoms with E-state index in [-0.39, 0.29) is 5.69 Å². The van der Waals surface area contributed by atoms with E-state index in [0.29, 0.717) is 28.7 Å². The van der Waals surface area contributed by atoms with Crippen LogP contribution in [-0.2, 0) is 6.61 Å². The summed E-state index contributed by atoms with van der Waals surface area (Å²) in [5.41, 5.74) is 2.45. The number of rotatable bonds is 5. The van der Waals surface area contributed by atoms with Gasteiger partial charge in [0.25, 0.3) is 0 Å². The van der Waals surface area contributed by atoms with Crippen LogP contribution in [0.1, 0.15) is 29.9 Å². The Morgan fingerprint density at radius 1 is 1.25 bits per heavy atom. The van der Waals surface area contributed by atoms with E-state index in [1.807, 2.05) is 24.3 Å². The summed E-state index contributed by atoms with van der Waals surface area (Å²) in [5.74, 6) is 1.04. The molecule has 0 saturated heterocycles. The molecule has 7 nitrogen and oxygen atoms in total. The van der Waals surface area contributed by atoms with E-state index >= 15 is 0 Å². The van der Waals surface area contributed by atoms with Crippen molar-refractivity contribution in [1.29, 1.82) is 0 Å². The molecule has 1 aromatic carbocycles. The normalized spacial score (nSPS) is 13.9. The molecule has 2 aromatic heterocycles. The Morgan fingerprint density at radius 3 is 2.79 bits per heavy atom. The standard InChI is InChI=1S/C16H14BrN5O2/c17-14-5-2-6-15(18-14)24-9-12-11(10-7-8-10)3-1-4-13(12)22-16(23)19-20-21-22/h1-6,10H,7-9H2,(H,19,21,23). The molecule has 0 aliphatic heterocycles. The summed E-state index contributed by atoms with van der Waals surface area (Å²) >= 11 is 3.33. The molecule has 0 unspecified atom stereocenters. The number of aromatic amines is 1. The number of halogens is 1. The lowest BCUT2D eigenvalue weighted by Crippen LogP contribution is -2.19. The molecule has 8 heteroatoms. The zero-order valence-corrected chi connectivity index (χ0v) is 14.2. The number of pyridine rings is 1. The van der Waals surface area contributed by atoms with Gasteiger partial charge >= 0.3 is 5.69 Å². The molecule has 0 atom stereocenters. The second-order valence-corrected chi connectivity index (χ2v) is 6.44. The van der Waals surface area contributed by atoms with E-state index < -0.39 is 0 Å². The topological polar surface area (TPSA) is 85.7 Å². The number of hydrogen-bond donors (Lipinski definition) is 1. The summed E-state index contributed by atoms with van der Waals surface area (Å²) in [6.07, 6.45) is 2.30. The predicted octanol–water partition coefficient (Wildman–Crippen LogP) is 2.57. The Labute approximate surface area is 145 Å². The lowest BCUT2D eigenvalue weighted by molar-refractivity contribution is 0.291. The van der Waals surface area contributed by atoms with Gasteiger partial charge in [0.2, 0.25) is 5.88 Å². The number of benzene rings is 1. The summed E-state index contributed by atoms with van der Waals surface area (Å²) in [4.78, 5) is 16.2. The van der Waals surface area contributed by atoms with Gasteiger partial charge in [0.1, 0.15) is 11.2 Å². The molecule has 0 amide bonds. The SMILES string of the molecule is O=c1[nH]nnn1-c1cccc(C2CC2)c1COc1cccc(Br)n1.